The Hall–Kier alpha value is -3.93. The fourth-order valence-corrected chi connectivity index (χ4v) is 4.00. The summed E-state index contributed by atoms with van der Waals surface area (Å²) < 4.78 is 32.8. The lowest BCUT2D eigenvalue weighted by molar-refractivity contribution is 0.0932. The summed E-state index contributed by atoms with van der Waals surface area (Å²) in [5.41, 5.74) is 1.07. The van der Waals surface area contributed by atoms with E-state index in [-0.39, 0.29) is 22.4 Å². The zero-order valence-corrected chi connectivity index (χ0v) is 17.3. The number of amides is 1. The average Bonchev–Trinajstić information content (AvgIpc) is 3.32. The van der Waals surface area contributed by atoms with Crippen LogP contribution in [0.3, 0.4) is 0 Å². The standard InChI is InChI=1S/C19H18N6O5S/c1-10(18-21-11(2)24-30-18)20-17(26)12-3-5-13(6-4-12)25-31(28,29)14-7-8-15-16(9-14)23-19(27)22-15/h3-10,25H,1-2H3,(H,20,26)(H2,22,23,27). The van der Waals surface area contributed by atoms with Gasteiger partial charge in [0.15, 0.2) is 5.82 Å². The van der Waals surface area contributed by atoms with E-state index in [1.54, 1.807) is 13.8 Å². The third-order valence-electron chi connectivity index (χ3n) is 4.46. The van der Waals surface area contributed by atoms with Crippen molar-refractivity contribution in [3.05, 3.63) is 70.2 Å². The van der Waals surface area contributed by atoms with Crippen molar-refractivity contribution >= 4 is 32.7 Å². The van der Waals surface area contributed by atoms with Gasteiger partial charge >= 0.3 is 5.69 Å². The van der Waals surface area contributed by atoms with Crippen LogP contribution in [0.5, 0.6) is 0 Å². The SMILES string of the molecule is Cc1noc(C(C)NC(=O)c2ccc(NS(=O)(=O)c3ccc4[nH]c(=O)[nH]c4c3)cc2)n1. The lowest BCUT2D eigenvalue weighted by atomic mass is 10.2. The largest absolute Gasteiger partial charge is 0.341 e. The molecular formula is C19H18N6O5S. The Labute approximate surface area is 175 Å². The summed E-state index contributed by atoms with van der Waals surface area (Å²) >= 11 is 0. The Balaban J connectivity index is 1.46. The molecule has 0 radical (unpaired) electrons. The van der Waals surface area contributed by atoms with Crippen LogP contribution in [0.4, 0.5) is 5.69 Å². The zero-order chi connectivity index (χ0) is 22.2. The van der Waals surface area contributed by atoms with Crippen LogP contribution in [0.2, 0.25) is 0 Å². The summed E-state index contributed by atoms with van der Waals surface area (Å²) in [6, 6.07) is 9.70. The number of imidazole rings is 1. The predicted molar refractivity (Wildman–Crippen MR) is 111 cm³/mol. The number of aryl methyl sites for hydroxylation is 1. The minimum Gasteiger partial charge on any atom is -0.341 e. The number of anilines is 1. The van der Waals surface area contributed by atoms with Crippen LogP contribution < -0.4 is 15.7 Å². The maximum Gasteiger partial charge on any atom is 0.323 e. The van der Waals surface area contributed by atoms with Crippen LogP contribution in [0.25, 0.3) is 11.0 Å². The number of H-pyrrole nitrogens is 2. The first kappa shape index (κ1) is 20.3. The minimum atomic E-state index is -3.90. The van der Waals surface area contributed by atoms with Crippen molar-refractivity contribution in [1.82, 2.24) is 25.4 Å². The third-order valence-corrected chi connectivity index (χ3v) is 5.84. The van der Waals surface area contributed by atoms with Crippen LogP contribution in [0, 0.1) is 6.92 Å². The molecule has 12 heteroatoms. The Bertz CT molecular complexity index is 1420. The van der Waals surface area contributed by atoms with Crippen LogP contribution >= 0.6 is 0 Å². The molecule has 0 aliphatic rings. The normalized spacial score (nSPS) is 12.6. The van der Waals surface area contributed by atoms with Crippen molar-refractivity contribution in [3.8, 4) is 0 Å². The quantitative estimate of drug-likeness (QED) is 0.354. The van der Waals surface area contributed by atoms with Crippen LogP contribution in [0.1, 0.15) is 35.0 Å². The van der Waals surface area contributed by atoms with E-state index in [1.165, 1.54) is 42.5 Å². The van der Waals surface area contributed by atoms with Gasteiger partial charge in [-0.3, -0.25) is 9.52 Å². The number of hydrogen-bond donors (Lipinski definition) is 4. The molecule has 0 aliphatic heterocycles. The molecule has 0 bridgehead atoms. The van der Waals surface area contributed by atoms with E-state index in [9.17, 15) is 18.0 Å². The van der Waals surface area contributed by atoms with E-state index in [0.29, 0.717) is 22.4 Å². The summed E-state index contributed by atoms with van der Waals surface area (Å²) in [5.74, 6) is 0.380. The summed E-state index contributed by atoms with van der Waals surface area (Å²) in [7, 11) is -3.90. The number of nitrogens with one attached hydrogen (secondary N) is 4. The van der Waals surface area contributed by atoms with Gasteiger partial charge in [-0.15, -0.1) is 0 Å². The number of carbonyl (C=O) groups excluding carboxylic acids is 1. The minimum absolute atomic E-state index is 0.0132. The van der Waals surface area contributed by atoms with Gasteiger partial charge in [0.1, 0.15) is 6.04 Å². The van der Waals surface area contributed by atoms with Gasteiger partial charge < -0.3 is 19.8 Å². The molecule has 0 aliphatic carbocycles. The molecule has 0 saturated heterocycles. The number of fused-ring (bicyclic) bond motifs is 1. The summed E-state index contributed by atoms with van der Waals surface area (Å²) in [4.78, 5) is 32.9. The van der Waals surface area contributed by atoms with Gasteiger partial charge in [0.25, 0.3) is 15.9 Å². The highest BCUT2D eigenvalue weighted by Crippen LogP contribution is 2.20. The van der Waals surface area contributed by atoms with Crippen LogP contribution in [-0.4, -0.2) is 34.4 Å². The number of rotatable bonds is 6. The smallest absolute Gasteiger partial charge is 0.323 e. The molecule has 0 spiro atoms. The second kappa shape index (κ2) is 7.72. The van der Waals surface area contributed by atoms with E-state index in [2.05, 4.69) is 30.1 Å². The Kier molecular flexibility index (Phi) is 5.07. The summed E-state index contributed by atoms with van der Waals surface area (Å²) in [6.45, 7) is 3.39. The number of aromatic nitrogens is 4. The van der Waals surface area contributed by atoms with E-state index in [4.69, 9.17) is 4.52 Å². The molecule has 31 heavy (non-hydrogen) atoms. The van der Waals surface area contributed by atoms with Gasteiger partial charge in [-0.25, -0.2) is 13.2 Å². The van der Waals surface area contributed by atoms with Gasteiger partial charge in [-0.05, 0) is 56.3 Å². The monoisotopic (exact) mass is 442 g/mol. The van der Waals surface area contributed by atoms with Crippen molar-refractivity contribution in [2.45, 2.75) is 24.8 Å². The molecule has 1 unspecified atom stereocenters. The van der Waals surface area contributed by atoms with Crippen molar-refractivity contribution in [3.63, 3.8) is 0 Å². The predicted octanol–water partition coefficient (Wildman–Crippen LogP) is 1.84. The van der Waals surface area contributed by atoms with E-state index < -0.39 is 21.8 Å². The molecule has 2 heterocycles. The van der Waals surface area contributed by atoms with Gasteiger partial charge in [0.05, 0.1) is 15.9 Å². The lowest BCUT2D eigenvalue weighted by Gasteiger charge is -2.11. The van der Waals surface area contributed by atoms with Crippen molar-refractivity contribution in [1.29, 1.82) is 0 Å². The molecule has 4 aromatic rings. The Morgan fingerprint density at radius 2 is 1.81 bits per heavy atom. The van der Waals surface area contributed by atoms with Crippen molar-refractivity contribution in [2.24, 2.45) is 0 Å². The maximum atomic E-state index is 12.7. The van der Waals surface area contributed by atoms with E-state index >= 15 is 0 Å². The molecule has 11 nitrogen and oxygen atoms in total. The van der Waals surface area contributed by atoms with Gasteiger partial charge in [-0.1, -0.05) is 5.16 Å². The lowest BCUT2D eigenvalue weighted by Crippen LogP contribution is -2.26. The molecule has 1 atom stereocenters. The summed E-state index contributed by atoms with van der Waals surface area (Å²) in [6.07, 6.45) is 0. The fourth-order valence-electron chi connectivity index (χ4n) is 2.91. The van der Waals surface area contributed by atoms with Gasteiger partial charge in [0.2, 0.25) is 5.89 Å². The highest BCUT2D eigenvalue weighted by atomic mass is 32.2. The second-order valence-corrected chi connectivity index (χ2v) is 8.53. The first-order chi connectivity index (χ1) is 14.7. The first-order valence-electron chi connectivity index (χ1n) is 9.17. The average molecular weight is 442 g/mol. The second-order valence-electron chi connectivity index (χ2n) is 6.84. The molecule has 2 aromatic heterocycles. The van der Waals surface area contributed by atoms with E-state index in [0.717, 1.165) is 0 Å². The van der Waals surface area contributed by atoms with Crippen molar-refractivity contribution in [2.75, 3.05) is 4.72 Å². The molecule has 160 valence electrons. The number of hydrogen-bond acceptors (Lipinski definition) is 7. The first-order valence-corrected chi connectivity index (χ1v) is 10.7. The number of sulfonamides is 1. The molecule has 2 aromatic carbocycles. The molecule has 4 rings (SSSR count). The van der Waals surface area contributed by atoms with Gasteiger partial charge in [-0.2, -0.15) is 4.98 Å². The zero-order valence-electron chi connectivity index (χ0n) is 16.5. The molecule has 1 amide bonds. The molecule has 0 fully saturated rings. The highest BCUT2D eigenvalue weighted by Gasteiger charge is 2.18. The van der Waals surface area contributed by atoms with Crippen molar-refractivity contribution < 1.29 is 17.7 Å². The Morgan fingerprint density at radius 3 is 2.48 bits per heavy atom. The number of aromatic amines is 2. The molecular weight excluding hydrogens is 424 g/mol. The highest BCUT2D eigenvalue weighted by molar-refractivity contribution is 7.92. The van der Waals surface area contributed by atoms with Gasteiger partial charge in [0, 0.05) is 11.3 Å². The fraction of sp³-hybridized carbons (Fsp3) is 0.158. The van der Waals surface area contributed by atoms with Crippen LogP contribution in [-0.2, 0) is 10.0 Å². The Morgan fingerprint density at radius 1 is 1.10 bits per heavy atom. The summed E-state index contributed by atoms with van der Waals surface area (Å²) in [5, 5.41) is 6.42. The van der Waals surface area contributed by atoms with E-state index in [1.807, 2.05) is 0 Å². The third kappa shape index (κ3) is 4.33. The molecule has 4 N–H and O–H groups in total. The maximum absolute atomic E-state index is 12.7. The number of carbonyl (C=O) groups is 1. The number of nitrogens with zero attached hydrogens (tertiary/aromatic N) is 2. The van der Waals surface area contributed by atoms with Crippen LogP contribution in [0.15, 0.2) is 56.7 Å². The molecule has 0 saturated carbocycles. The number of benzene rings is 2. The topological polar surface area (TPSA) is 163 Å².